The number of nitrogens with zero attached hydrogens (tertiary/aromatic N) is 1. The van der Waals surface area contributed by atoms with E-state index in [9.17, 15) is 26.7 Å². The van der Waals surface area contributed by atoms with Gasteiger partial charge in [-0.15, -0.1) is 0 Å². The van der Waals surface area contributed by atoms with Crippen molar-refractivity contribution in [2.45, 2.75) is 55.2 Å². The number of anilines is 1. The van der Waals surface area contributed by atoms with Gasteiger partial charge in [0, 0.05) is 29.3 Å². The second kappa shape index (κ2) is 9.10. The number of halogens is 3. The molecule has 0 aliphatic carbocycles. The summed E-state index contributed by atoms with van der Waals surface area (Å²) in [6, 6.07) is 8.92. The van der Waals surface area contributed by atoms with E-state index in [1.807, 2.05) is 6.07 Å². The zero-order chi connectivity index (χ0) is 26.2. The van der Waals surface area contributed by atoms with Crippen molar-refractivity contribution in [2.24, 2.45) is 0 Å². The second-order valence-electron chi connectivity index (χ2n) is 9.14. The lowest BCUT2D eigenvalue weighted by Gasteiger charge is -2.42. The second-order valence-corrected chi connectivity index (χ2v) is 11.2. The van der Waals surface area contributed by atoms with Gasteiger partial charge in [0.2, 0.25) is 0 Å². The van der Waals surface area contributed by atoms with Crippen LogP contribution in [0.25, 0.3) is 0 Å². The fourth-order valence-electron chi connectivity index (χ4n) is 4.28. The van der Waals surface area contributed by atoms with Gasteiger partial charge in [-0.05, 0) is 55.7 Å². The Labute approximate surface area is 202 Å². The molecule has 3 rings (SSSR count). The van der Waals surface area contributed by atoms with E-state index >= 15 is 0 Å². The van der Waals surface area contributed by atoms with Crippen molar-refractivity contribution < 1.29 is 31.4 Å². The number of nitrogen functional groups attached to an aromatic ring is 1. The number of nitriles is 1. The highest BCUT2D eigenvalue weighted by molar-refractivity contribution is 7.90. The van der Waals surface area contributed by atoms with Gasteiger partial charge in [0.1, 0.15) is 5.75 Å². The van der Waals surface area contributed by atoms with E-state index in [4.69, 9.17) is 15.7 Å². The van der Waals surface area contributed by atoms with Crippen LogP contribution >= 0.6 is 0 Å². The van der Waals surface area contributed by atoms with Crippen LogP contribution in [0.3, 0.4) is 0 Å². The standard InChI is InChI=1S/C25H25F3N2O4S/c1-16-11-17(14-29)12-21(30)19(16)5-4-8-24(31,25(26,27)28)15-23(2)9-10-34-22-7-6-18(13-20(22)23)35(3,32)33/h6-7,11-13,31H,8-10,15,30H2,1-3H3. The molecule has 0 saturated carbocycles. The van der Waals surface area contributed by atoms with Gasteiger partial charge >= 0.3 is 6.18 Å². The third-order valence-electron chi connectivity index (χ3n) is 6.24. The molecular formula is C25H25F3N2O4S. The third-order valence-corrected chi connectivity index (χ3v) is 7.35. The van der Waals surface area contributed by atoms with Crippen molar-refractivity contribution in [2.75, 3.05) is 18.6 Å². The molecule has 1 aliphatic rings. The normalized spacial score (nSPS) is 19.4. The number of alkyl halides is 3. The average Bonchev–Trinajstić information content (AvgIpc) is 2.74. The van der Waals surface area contributed by atoms with Crippen molar-refractivity contribution in [1.29, 1.82) is 5.26 Å². The van der Waals surface area contributed by atoms with Gasteiger partial charge in [0.15, 0.2) is 15.4 Å². The minimum atomic E-state index is -5.01. The van der Waals surface area contributed by atoms with Crippen LogP contribution in [-0.4, -0.2) is 38.2 Å². The smallest absolute Gasteiger partial charge is 0.418 e. The Balaban J connectivity index is 2.00. The van der Waals surface area contributed by atoms with Crippen molar-refractivity contribution >= 4 is 15.5 Å². The van der Waals surface area contributed by atoms with Crippen LogP contribution in [0.2, 0.25) is 0 Å². The molecule has 2 atom stereocenters. The largest absolute Gasteiger partial charge is 0.493 e. The van der Waals surface area contributed by atoms with E-state index in [0.29, 0.717) is 11.1 Å². The summed E-state index contributed by atoms with van der Waals surface area (Å²) in [6.45, 7) is 3.30. The number of fused-ring (bicyclic) bond motifs is 1. The summed E-state index contributed by atoms with van der Waals surface area (Å²) in [7, 11) is -3.61. The van der Waals surface area contributed by atoms with Gasteiger partial charge in [0.05, 0.1) is 28.7 Å². The first-order valence-electron chi connectivity index (χ1n) is 10.7. The fraction of sp³-hybridized carbons (Fsp3) is 0.400. The number of ether oxygens (including phenoxy) is 1. The summed E-state index contributed by atoms with van der Waals surface area (Å²) in [4.78, 5) is -0.0462. The molecule has 0 fully saturated rings. The monoisotopic (exact) mass is 506 g/mol. The summed E-state index contributed by atoms with van der Waals surface area (Å²) in [6.07, 6.45) is -5.53. The Kier molecular flexibility index (Phi) is 6.86. The first kappa shape index (κ1) is 26.4. The molecule has 186 valence electrons. The zero-order valence-electron chi connectivity index (χ0n) is 19.5. The lowest BCUT2D eigenvalue weighted by Crippen LogP contribution is -2.50. The van der Waals surface area contributed by atoms with Crippen LogP contribution in [0.5, 0.6) is 5.75 Å². The molecule has 10 heteroatoms. The maximum atomic E-state index is 14.2. The number of aliphatic hydroxyl groups is 1. The molecule has 0 saturated heterocycles. The first-order chi connectivity index (χ1) is 16.1. The maximum Gasteiger partial charge on any atom is 0.418 e. The Morgan fingerprint density at radius 1 is 1.26 bits per heavy atom. The van der Waals surface area contributed by atoms with Gasteiger partial charge < -0.3 is 15.6 Å². The summed E-state index contributed by atoms with van der Waals surface area (Å²) in [5, 5.41) is 19.9. The molecule has 1 aliphatic heterocycles. The van der Waals surface area contributed by atoms with Crippen molar-refractivity contribution in [3.63, 3.8) is 0 Å². The number of benzene rings is 2. The van der Waals surface area contributed by atoms with Crippen LogP contribution in [0.4, 0.5) is 18.9 Å². The SMILES string of the molecule is Cc1cc(C#N)cc(N)c1C#CCC(O)(CC1(C)CCOc2ccc(S(C)(=O)=O)cc21)C(F)(F)F. The average molecular weight is 507 g/mol. The lowest BCUT2D eigenvalue weighted by molar-refractivity contribution is -0.265. The van der Waals surface area contributed by atoms with Crippen LogP contribution in [-0.2, 0) is 15.3 Å². The topological polar surface area (TPSA) is 113 Å². The molecule has 35 heavy (non-hydrogen) atoms. The van der Waals surface area contributed by atoms with Gasteiger partial charge in [-0.3, -0.25) is 0 Å². The number of hydrogen-bond acceptors (Lipinski definition) is 6. The van der Waals surface area contributed by atoms with E-state index in [2.05, 4.69) is 11.8 Å². The summed E-state index contributed by atoms with van der Waals surface area (Å²) >= 11 is 0. The molecule has 6 nitrogen and oxygen atoms in total. The maximum absolute atomic E-state index is 14.2. The molecule has 0 amide bonds. The van der Waals surface area contributed by atoms with E-state index < -0.39 is 39.9 Å². The Morgan fingerprint density at radius 3 is 2.51 bits per heavy atom. The Bertz CT molecular complexity index is 1350. The molecule has 2 aromatic rings. The summed E-state index contributed by atoms with van der Waals surface area (Å²) in [5.74, 6) is 5.31. The Morgan fingerprint density at radius 2 is 1.94 bits per heavy atom. The van der Waals surface area contributed by atoms with Crippen LogP contribution in [0, 0.1) is 30.1 Å². The Hall–Kier alpha value is -3.21. The van der Waals surface area contributed by atoms with Crippen LogP contribution < -0.4 is 10.5 Å². The summed E-state index contributed by atoms with van der Waals surface area (Å²) < 4.78 is 72.1. The lowest BCUT2D eigenvalue weighted by atomic mass is 9.69. The molecule has 3 N–H and O–H groups in total. The van der Waals surface area contributed by atoms with E-state index in [-0.39, 0.29) is 40.5 Å². The highest BCUT2D eigenvalue weighted by Crippen LogP contribution is 2.48. The van der Waals surface area contributed by atoms with E-state index in [1.165, 1.54) is 30.3 Å². The molecule has 0 spiro atoms. The predicted molar refractivity (Wildman–Crippen MR) is 124 cm³/mol. The molecule has 0 aromatic heterocycles. The highest BCUT2D eigenvalue weighted by atomic mass is 32.2. The number of nitrogens with two attached hydrogens (primary N) is 1. The van der Waals surface area contributed by atoms with E-state index in [0.717, 1.165) is 6.26 Å². The van der Waals surface area contributed by atoms with Gasteiger partial charge in [0.25, 0.3) is 0 Å². The molecule has 0 radical (unpaired) electrons. The van der Waals surface area contributed by atoms with Crippen molar-refractivity contribution in [3.8, 4) is 23.7 Å². The van der Waals surface area contributed by atoms with Crippen molar-refractivity contribution in [1.82, 2.24) is 0 Å². The first-order valence-corrected chi connectivity index (χ1v) is 12.5. The summed E-state index contributed by atoms with van der Waals surface area (Å²) in [5.41, 5.74) is 3.05. The number of hydrogen-bond donors (Lipinski definition) is 2. The molecular weight excluding hydrogens is 481 g/mol. The van der Waals surface area contributed by atoms with Gasteiger partial charge in [-0.1, -0.05) is 18.8 Å². The molecule has 1 heterocycles. The van der Waals surface area contributed by atoms with Crippen molar-refractivity contribution in [3.05, 3.63) is 52.6 Å². The van der Waals surface area contributed by atoms with Gasteiger partial charge in [-0.25, -0.2) is 8.42 Å². The molecule has 2 unspecified atom stereocenters. The van der Waals surface area contributed by atoms with E-state index in [1.54, 1.807) is 13.8 Å². The minimum Gasteiger partial charge on any atom is -0.493 e. The molecule has 0 bridgehead atoms. The minimum absolute atomic E-state index is 0.0462. The number of aryl methyl sites for hydroxylation is 1. The third kappa shape index (κ3) is 5.39. The fourth-order valence-corrected chi connectivity index (χ4v) is 4.93. The predicted octanol–water partition coefficient (Wildman–Crippen LogP) is 4.02. The van der Waals surface area contributed by atoms with Gasteiger partial charge in [-0.2, -0.15) is 18.4 Å². The van der Waals surface area contributed by atoms with Crippen LogP contribution in [0.1, 0.15) is 48.4 Å². The molecule has 2 aromatic carbocycles. The number of sulfone groups is 1. The number of rotatable bonds is 4. The highest BCUT2D eigenvalue weighted by Gasteiger charge is 2.57. The quantitative estimate of drug-likeness (QED) is 0.478. The zero-order valence-corrected chi connectivity index (χ0v) is 20.3. The van der Waals surface area contributed by atoms with Crippen LogP contribution in [0.15, 0.2) is 35.2 Å².